The zero-order valence-corrected chi connectivity index (χ0v) is 9.34. The van der Waals surface area contributed by atoms with Gasteiger partial charge in [0.2, 0.25) is 0 Å². The number of rotatable bonds is 2. The van der Waals surface area contributed by atoms with Gasteiger partial charge in [-0.05, 0) is 6.92 Å². The topological polar surface area (TPSA) is 61.5 Å². The summed E-state index contributed by atoms with van der Waals surface area (Å²) in [7, 11) is 0. The van der Waals surface area contributed by atoms with Crippen LogP contribution in [0.15, 0.2) is 0 Å². The van der Waals surface area contributed by atoms with Gasteiger partial charge < -0.3 is 15.2 Å². The van der Waals surface area contributed by atoms with Crippen LogP contribution in [-0.4, -0.2) is 30.8 Å². The minimum atomic E-state index is -0.799. The first-order chi connectivity index (χ1) is 6.09. The third-order valence-electron chi connectivity index (χ3n) is 1.65. The van der Waals surface area contributed by atoms with Crippen molar-refractivity contribution in [2.45, 2.75) is 18.6 Å². The Morgan fingerprint density at radius 1 is 1.71 bits per heavy atom. The van der Waals surface area contributed by atoms with Gasteiger partial charge in [0.25, 0.3) is 0 Å². The van der Waals surface area contributed by atoms with Crippen molar-refractivity contribution in [1.29, 1.82) is 0 Å². The van der Waals surface area contributed by atoms with E-state index in [0.717, 1.165) is 0 Å². The van der Waals surface area contributed by atoms with Crippen LogP contribution in [0, 0.1) is 18.8 Å². The van der Waals surface area contributed by atoms with Gasteiger partial charge in [-0.15, -0.1) is 0 Å². The number of hydrogen-bond acceptors (Lipinski definition) is 4. The Morgan fingerprint density at radius 3 is 2.57 bits per heavy atom. The molecule has 2 N–H and O–H groups in total. The molecule has 0 amide bonds. The first-order valence-electron chi connectivity index (χ1n) is 3.95. The Bertz CT molecular complexity index is 263. The molecule has 0 spiro atoms. The zero-order chi connectivity index (χ0) is 9.90. The average Bonchev–Trinajstić information content (AvgIpc) is 2.00. The van der Waals surface area contributed by atoms with Gasteiger partial charge in [0.1, 0.15) is 11.6 Å². The molecule has 4 nitrogen and oxygen atoms in total. The average molecular weight is 233 g/mol. The molecule has 0 bridgehead atoms. The summed E-state index contributed by atoms with van der Waals surface area (Å²) in [6.07, 6.45) is 0. The number of esters is 1. The predicted molar refractivity (Wildman–Crippen MR) is 46.4 cm³/mol. The van der Waals surface area contributed by atoms with E-state index in [0.29, 0.717) is 13.2 Å². The molecule has 1 unspecified atom stereocenters. The number of carbonyl (C=O) groups is 1. The molecule has 0 aliphatic carbocycles. The summed E-state index contributed by atoms with van der Waals surface area (Å²) in [5.41, 5.74) is 4.54. The van der Waals surface area contributed by atoms with E-state index in [1.807, 2.05) is 0 Å². The molecule has 1 rings (SSSR count). The normalized spacial score (nSPS) is 19.0. The van der Waals surface area contributed by atoms with Gasteiger partial charge >= 0.3 is 5.97 Å². The van der Waals surface area contributed by atoms with Gasteiger partial charge in [-0.1, -0.05) is 0 Å². The van der Waals surface area contributed by atoms with Gasteiger partial charge in [0.05, 0.1) is 13.2 Å². The smallest absolute Gasteiger partial charge is 0.322 e. The Morgan fingerprint density at radius 2 is 2.29 bits per heavy atom. The molecule has 14 heavy (non-hydrogen) atoms. The molecule has 1 fully saturated rings. The van der Waals surface area contributed by atoms with E-state index in [4.69, 9.17) is 15.2 Å². The molecule has 1 saturated heterocycles. The first-order valence-corrected chi connectivity index (χ1v) is 3.95. The summed E-state index contributed by atoms with van der Waals surface area (Å²) in [4.78, 5) is 11.1. The van der Waals surface area contributed by atoms with E-state index in [1.54, 1.807) is 6.92 Å². The van der Waals surface area contributed by atoms with Gasteiger partial charge in [-0.25, -0.2) is 0 Å². The Labute approximate surface area is 95.4 Å². The largest absolute Gasteiger partial charge is 0.461 e. The van der Waals surface area contributed by atoms with E-state index in [1.165, 1.54) is 0 Å². The molecule has 1 aliphatic rings. The van der Waals surface area contributed by atoms with Crippen LogP contribution in [0.2, 0.25) is 0 Å². The molecule has 0 aromatic rings. The molecule has 0 aromatic carbocycles. The van der Waals surface area contributed by atoms with Crippen molar-refractivity contribution in [1.82, 2.24) is 0 Å². The quantitative estimate of drug-likeness (QED) is 0.396. The molecule has 0 saturated carbocycles. The monoisotopic (exact) mass is 233 g/mol. The predicted octanol–water partition coefficient (Wildman–Crippen LogP) is -0.519. The van der Waals surface area contributed by atoms with Crippen LogP contribution in [0.5, 0.6) is 0 Å². The van der Waals surface area contributed by atoms with E-state index in [2.05, 4.69) is 18.8 Å². The molecular weight excluding hydrogens is 221 g/mol. The molecule has 1 radical (unpaired) electrons. The van der Waals surface area contributed by atoms with Gasteiger partial charge in [-0.3, -0.25) is 16.6 Å². The summed E-state index contributed by atoms with van der Waals surface area (Å²) >= 11 is 0. The molecule has 77 valence electrons. The van der Waals surface area contributed by atoms with E-state index < -0.39 is 17.6 Å². The maximum Gasteiger partial charge on any atom is 0.322 e. The van der Waals surface area contributed by atoms with Crippen molar-refractivity contribution in [2.24, 2.45) is 5.73 Å². The van der Waals surface area contributed by atoms with E-state index in [9.17, 15) is 4.79 Å². The van der Waals surface area contributed by atoms with Crippen molar-refractivity contribution in [3.63, 3.8) is 0 Å². The van der Waals surface area contributed by atoms with Crippen LogP contribution in [-0.2, 0) is 32.8 Å². The third kappa shape index (κ3) is 2.97. The standard InChI is InChI=1S/C9H12NO3.V/c1-3-4-9(5-12-6-9)13-8(11)7(2)10;/h7H,1,5-6,10H2,2H3;/q-1;. The van der Waals surface area contributed by atoms with Crippen molar-refractivity contribution in [2.75, 3.05) is 13.2 Å². The minimum absolute atomic E-state index is 0. The Balaban J connectivity index is 0.00000169. The van der Waals surface area contributed by atoms with Gasteiger partial charge in [-0.2, -0.15) is 6.92 Å². The van der Waals surface area contributed by atoms with Crippen LogP contribution in [0.3, 0.4) is 0 Å². The van der Waals surface area contributed by atoms with Crippen molar-refractivity contribution < 1.29 is 32.8 Å². The van der Waals surface area contributed by atoms with E-state index in [-0.39, 0.29) is 18.6 Å². The fraction of sp³-hybridized carbons (Fsp3) is 0.556. The summed E-state index contributed by atoms with van der Waals surface area (Å²) in [6.45, 7) is 5.53. The summed E-state index contributed by atoms with van der Waals surface area (Å²) in [6, 6.07) is -0.635. The second kappa shape index (κ2) is 5.33. The summed E-state index contributed by atoms with van der Waals surface area (Å²) < 4.78 is 10.00. The van der Waals surface area contributed by atoms with E-state index >= 15 is 0 Å². The SMILES string of the molecule is [CH2-]C#CC1(OC(=O)C(C)N)COC1.[V]. The number of carbonyl (C=O) groups excluding carboxylic acids is 1. The Hall–Kier alpha value is -0.596. The second-order valence-corrected chi connectivity index (χ2v) is 3.00. The van der Waals surface area contributed by atoms with Crippen LogP contribution in [0.4, 0.5) is 0 Å². The number of nitrogens with two attached hydrogens (primary N) is 1. The molecule has 1 aliphatic heterocycles. The Kier molecular flexibility index (Phi) is 5.10. The van der Waals surface area contributed by atoms with Gasteiger partial charge in [0, 0.05) is 18.6 Å². The van der Waals surface area contributed by atoms with Crippen molar-refractivity contribution in [3.05, 3.63) is 6.92 Å². The first kappa shape index (κ1) is 13.4. The minimum Gasteiger partial charge on any atom is -0.461 e. The fourth-order valence-electron chi connectivity index (χ4n) is 0.891. The maximum atomic E-state index is 11.1. The number of ether oxygens (including phenoxy) is 2. The zero-order valence-electron chi connectivity index (χ0n) is 7.95. The third-order valence-corrected chi connectivity index (χ3v) is 1.65. The van der Waals surface area contributed by atoms with Crippen LogP contribution in [0.1, 0.15) is 6.92 Å². The fourth-order valence-corrected chi connectivity index (χ4v) is 0.891. The number of hydrogen-bond donors (Lipinski definition) is 1. The molecule has 1 atom stereocenters. The summed E-state index contributed by atoms with van der Waals surface area (Å²) in [5.74, 6) is 4.69. The van der Waals surface area contributed by atoms with Crippen LogP contribution < -0.4 is 5.73 Å². The van der Waals surface area contributed by atoms with Crippen LogP contribution in [0.25, 0.3) is 0 Å². The van der Waals surface area contributed by atoms with Gasteiger partial charge in [0.15, 0.2) is 0 Å². The summed E-state index contributed by atoms with van der Waals surface area (Å²) in [5, 5.41) is 0. The van der Waals surface area contributed by atoms with Crippen molar-refractivity contribution >= 4 is 5.97 Å². The second-order valence-electron chi connectivity index (χ2n) is 3.00. The molecule has 0 aromatic heterocycles. The van der Waals surface area contributed by atoms with Crippen LogP contribution >= 0.6 is 0 Å². The molecular formula is C9H12NO3V-. The van der Waals surface area contributed by atoms with Crippen molar-refractivity contribution in [3.8, 4) is 11.8 Å². The molecule has 1 heterocycles. The molecule has 5 heteroatoms. The maximum absolute atomic E-state index is 11.1.